The molecule has 10 heteroatoms. The van der Waals surface area contributed by atoms with E-state index in [1.807, 2.05) is 0 Å². The number of benzene rings is 2. The summed E-state index contributed by atoms with van der Waals surface area (Å²) >= 11 is 6.15. The first-order chi connectivity index (χ1) is 13.4. The predicted molar refractivity (Wildman–Crippen MR) is 99.7 cm³/mol. The Morgan fingerprint density at radius 1 is 1.11 bits per heavy atom. The minimum atomic E-state index is -0.717. The monoisotopic (exact) mass is 400 g/mol. The van der Waals surface area contributed by atoms with Gasteiger partial charge in [0.05, 0.1) is 9.95 Å². The Balaban J connectivity index is 1.79. The largest absolute Gasteiger partial charge is 0.360 e. The number of hydrazine groups is 1. The van der Waals surface area contributed by atoms with Crippen molar-refractivity contribution in [3.05, 3.63) is 80.6 Å². The smallest absolute Gasteiger partial charge is 0.275 e. The number of aromatic nitrogens is 1. The Kier molecular flexibility index (Phi) is 5.37. The Labute approximate surface area is 163 Å². The van der Waals surface area contributed by atoms with Crippen molar-refractivity contribution in [3.8, 4) is 11.3 Å². The molecule has 0 spiro atoms. The van der Waals surface area contributed by atoms with Crippen LogP contribution in [0.25, 0.3) is 11.3 Å². The number of carbonyl (C=O) groups excluding carboxylic acids is 2. The molecule has 0 radical (unpaired) electrons. The van der Waals surface area contributed by atoms with E-state index in [1.165, 1.54) is 18.2 Å². The van der Waals surface area contributed by atoms with E-state index in [4.69, 9.17) is 16.1 Å². The van der Waals surface area contributed by atoms with Gasteiger partial charge < -0.3 is 4.52 Å². The van der Waals surface area contributed by atoms with Gasteiger partial charge >= 0.3 is 0 Å². The second kappa shape index (κ2) is 7.89. The molecule has 0 unspecified atom stereocenters. The van der Waals surface area contributed by atoms with Gasteiger partial charge in [-0.15, -0.1) is 0 Å². The third-order valence-electron chi connectivity index (χ3n) is 3.83. The highest BCUT2D eigenvalue weighted by atomic mass is 35.5. The summed E-state index contributed by atoms with van der Waals surface area (Å²) in [4.78, 5) is 34.9. The third kappa shape index (κ3) is 3.84. The van der Waals surface area contributed by atoms with Crippen LogP contribution in [0.15, 0.2) is 53.1 Å². The molecule has 3 aromatic rings. The maximum atomic E-state index is 12.6. The van der Waals surface area contributed by atoms with Gasteiger partial charge in [-0.1, -0.05) is 41.0 Å². The minimum Gasteiger partial charge on any atom is -0.360 e. The molecule has 0 bridgehead atoms. The predicted octanol–water partition coefficient (Wildman–Crippen LogP) is 3.29. The zero-order valence-corrected chi connectivity index (χ0v) is 15.2. The molecule has 1 aromatic heterocycles. The van der Waals surface area contributed by atoms with E-state index in [0.717, 1.165) is 6.07 Å². The van der Waals surface area contributed by atoms with Gasteiger partial charge in [0.15, 0.2) is 0 Å². The van der Waals surface area contributed by atoms with Crippen molar-refractivity contribution in [1.29, 1.82) is 0 Å². The number of nitro benzene ring substituents is 1. The fraction of sp³-hybridized carbons (Fsp3) is 0.0556. The molecule has 2 amide bonds. The first-order valence-electron chi connectivity index (χ1n) is 7.95. The highest BCUT2D eigenvalue weighted by Gasteiger charge is 2.23. The van der Waals surface area contributed by atoms with Gasteiger partial charge in [0.1, 0.15) is 17.0 Å². The summed E-state index contributed by atoms with van der Waals surface area (Å²) in [5, 5.41) is 15.1. The molecule has 9 nitrogen and oxygen atoms in total. The van der Waals surface area contributed by atoms with Gasteiger partial charge in [0.25, 0.3) is 17.5 Å². The van der Waals surface area contributed by atoms with Gasteiger partial charge in [0.2, 0.25) is 0 Å². The number of rotatable bonds is 4. The number of nitro groups is 1. The van der Waals surface area contributed by atoms with Crippen LogP contribution in [0.3, 0.4) is 0 Å². The van der Waals surface area contributed by atoms with Crippen LogP contribution in [-0.4, -0.2) is 21.9 Å². The van der Waals surface area contributed by atoms with Crippen LogP contribution < -0.4 is 10.9 Å². The third-order valence-corrected chi connectivity index (χ3v) is 4.16. The molecule has 0 atom stereocenters. The molecule has 3 rings (SSSR count). The van der Waals surface area contributed by atoms with E-state index < -0.39 is 16.7 Å². The van der Waals surface area contributed by atoms with Crippen molar-refractivity contribution in [2.45, 2.75) is 6.92 Å². The van der Waals surface area contributed by atoms with Crippen LogP contribution in [-0.2, 0) is 0 Å². The summed E-state index contributed by atoms with van der Waals surface area (Å²) in [5.41, 5.74) is 5.06. The molecular formula is C18H13ClN4O5. The molecule has 28 heavy (non-hydrogen) atoms. The van der Waals surface area contributed by atoms with Crippen molar-refractivity contribution < 1.29 is 19.0 Å². The number of nitrogens with zero attached hydrogens (tertiary/aromatic N) is 2. The number of halogens is 1. The zero-order chi connectivity index (χ0) is 20.3. The highest BCUT2D eigenvalue weighted by Crippen LogP contribution is 2.30. The number of hydrogen-bond acceptors (Lipinski definition) is 6. The lowest BCUT2D eigenvalue weighted by molar-refractivity contribution is -0.384. The van der Waals surface area contributed by atoms with Gasteiger partial charge in [-0.05, 0) is 19.1 Å². The van der Waals surface area contributed by atoms with E-state index in [9.17, 15) is 19.7 Å². The highest BCUT2D eigenvalue weighted by molar-refractivity contribution is 6.33. The lowest BCUT2D eigenvalue weighted by Crippen LogP contribution is -2.41. The molecule has 0 fully saturated rings. The first-order valence-corrected chi connectivity index (χ1v) is 8.32. The lowest BCUT2D eigenvalue weighted by atomic mass is 10.1. The summed E-state index contributed by atoms with van der Waals surface area (Å²) in [6.45, 7) is 1.55. The van der Waals surface area contributed by atoms with Crippen LogP contribution in [0.5, 0.6) is 0 Å². The van der Waals surface area contributed by atoms with Crippen LogP contribution in [0.1, 0.15) is 26.5 Å². The minimum absolute atomic E-state index is 0.0165. The lowest BCUT2D eigenvalue weighted by Gasteiger charge is -2.08. The molecule has 0 aliphatic heterocycles. The van der Waals surface area contributed by atoms with E-state index in [2.05, 4.69) is 16.0 Å². The molecule has 142 valence electrons. The second-order valence-electron chi connectivity index (χ2n) is 5.66. The number of non-ortho nitro benzene ring substituents is 1. The van der Waals surface area contributed by atoms with E-state index >= 15 is 0 Å². The van der Waals surface area contributed by atoms with Crippen molar-refractivity contribution in [1.82, 2.24) is 16.0 Å². The van der Waals surface area contributed by atoms with Crippen LogP contribution in [0, 0.1) is 17.0 Å². The second-order valence-corrected chi connectivity index (χ2v) is 6.07. The molecule has 0 aliphatic rings. The Morgan fingerprint density at radius 2 is 1.82 bits per heavy atom. The maximum absolute atomic E-state index is 12.6. The average molecular weight is 401 g/mol. The van der Waals surface area contributed by atoms with Crippen molar-refractivity contribution >= 4 is 29.1 Å². The molecule has 0 aliphatic carbocycles. The Bertz CT molecular complexity index is 1080. The van der Waals surface area contributed by atoms with Crippen LogP contribution in [0.2, 0.25) is 5.02 Å². The van der Waals surface area contributed by atoms with Gasteiger partial charge in [-0.2, -0.15) is 0 Å². The quantitative estimate of drug-likeness (QED) is 0.511. The van der Waals surface area contributed by atoms with E-state index in [0.29, 0.717) is 10.6 Å². The first kappa shape index (κ1) is 19.1. The van der Waals surface area contributed by atoms with Gasteiger partial charge in [-0.3, -0.25) is 30.6 Å². The van der Waals surface area contributed by atoms with Gasteiger partial charge in [0, 0.05) is 23.3 Å². The Hall–Kier alpha value is -3.72. The summed E-state index contributed by atoms with van der Waals surface area (Å²) in [7, 11) is 0. The topological polar surface area (TPSA) is 127 Å². The normalized spacial score (nSPS) is 10.4. The maximum Gasteiger partial charge on any atom is 0.275 e. The van der Waals surface area contributed by atoms with E-state index in [-0.39, 0.29) is 28.3 Å². The molecule has 0 saturated heterocycles. The zero-order valence-electron chi connectivity index (χ0n) is 14.4. The number of nitrogens with one attached hydrogen (secondary N) is 2. The van der Waals surface area contributed by atoms with Gasteiger partial charge in [-0.25, -0.2) is 0 Å². The SMILES string of the molecule is Cc1onc(-c2ccccc2Cl)c1C(=O)NNC(=O)c1cccc([N+](=O)[O-])c1. The summed E-state index contributed by atoms with van der Waals surface area (Å²) < 4.78 is 5.10. The molecular weight excluding hydrogens is 388 g/mol. The molecule has 2 aromatic carbocycles. The summed E-state index contributed by atoms with van der Waals surface area (Å²) in [6.07, 6.45) is 0. The summed E-state index contributed by atoms with van der Waals surface area (Å²) in [5.74, 6) is -1.16. The molecule has 2 N–H and O–H groups in total. The number of hydrogen-bond donors (Lipinski definition) is 2. The van der Waals surface area contributed by atoms with Crippen molar-refractivity contribution in [2.24, 2.45) is 0 Å². The fourth-order valence-electron chi connectivity index (χ4n) is 2.49. The molecule has 0 saturated carbocycles. The van der Waals surface area contributed by atoms with E-state index in [1.54, 1.807) is 31.2 Å². The standard InChI is InChI=1S/C18H13ClN4O5/c1-10-15(16(22-28-10)13-7-2-3-8-14(13)19)18(25)21-20-17(24)11-5-4-6-12(9-11)23(26)27/h2-9H,1H3,(H,20,24)(H,21,25). The van der Waals surface area contributed by atoms with Crippen LogP contribution in [0.4, 0.5) is 5.69 Å². The fourth-order valence-corrected chi connectivity index (χ4v) is 2.71. The van der Waals surface area contributed by atoms with Crippen molar-refractivity contribution in [2.75, 3.05) is 0 Å². The number of aryl methyl sites for hydroxylation is 1. The number of amides is 2. The van der Waals surface area contributed by atoms with Crippen LogP contribution >= 0.6 is 11.6 Å². The van der Waals surface area contributed by atoms with Crippen molar-refractivity contribution in [3.63, 3.8) is 0 Å². The average Bonchev–Trinajstić information content (AvgIpc) is 3.07. The molecule has 1 heterocycles. The number of carbonyl (C=O) groups is 2. The summed E-state index contributed by atoms with van der Waals surface area (Å²) in [6, 6.07) is 11.9. The Morgan fingerprint density at radius 3 is 2.54 bits per heavy atom.